The van der Waals surface area contributed by atoms with Gasteiger partial charge in [0.25, 0.3) is 0 Å². The Bertz CT molecular complexity index is 793. The van der Waals surface area contributed by atoms with Crippen molar-refractivity contribution in [3.05, 3.63) is 59.2 Å². The van der Waals surface area contributed by atoms with E-state index in [1.54, 1.807) is 0 Å². The maximum Gasteiger partial charge on any atom is 0.224 e. The van der Waals surface area contributed by atoms with E-state index in [-0.39, 0.29) is 11.3 Å². The fraction of sp³-hybridized carbons (Fsp3) is 0.519. The molecule has 0 heterocycles. The topological polar surface area (TPSA) is 38.3 Å². The molecule has 1 N–H and O–H groups in total. The zero-order chi connectivity index (χ0) is 22.3. The largest absolute Gasteiger partial charge is 0.494 e. The Kier molecular flexibility index (Phi) is 8.52. The van der Waals surface area contributed by atoms with Crippen LogP contribution in [0.4, 0.5) is 5.69 Å². The molecule has 0 atom stereocenters. The maximum atomic E-state index is 12.6. The van der Waals surface area contributed by atoms with Gasteiger partial charge in [-0.2, -0.15) is 0 Å². The van der Waals surface area contributed by atoms with Crippen LogP contribution in [0.2, 0.25) is 0 Å². The SMILES string of the molecule is CCC(C)(C)c1ccc(OCCCC(=O)Nc2c(C(C)C)cccc2C(C)C)cc1. The van der Waals surface area contributed by atoms with Gasteiger partial charge in [0.2, 0.25) is 5.91 Å². The molecule has 0 aliphatic heterocycles. The van der Waals surface area contributed by atoms with Gasteiger partial charge in [0, 0.05) is 12.1 Å². The normalized spacial score (nSPS) is 11.8. The van der Waals surface area contributed by atoms with Crippen LogP contribution in [0.1, 0.15) is 96.3 Å². The van der Waals surface area contributed by atoms with Crippen molar-refractivity contribution in [2.45, 2.75) is 85.0 Å². The average Bonchev–Trinajstić information content (AvgIpc) is 2.71. The van der Waals surface area contributed by atoms with Crippen molar-refractivity contribution in [3.8, 4) is 5.75 Å². The summed E-state index contributed by atoms with van der Waals surface area (Å²) >= 11 is 0. The molecule has 0 saturated carbocycles. The third-order valence-electron chi connectivity index (χ3n) is 5.97. The van der Waals surface area contributed by atoms with Crippen molar-refractivity contribution in [3.63, 3.8) is 0 Å². The van der Waals surface area contributed by atoms with Crippen LogP contribution < -0.4 is 10.1 Å². The highest BCUT2D eigenvalue weighted by Crippen LogP contribution is 2.32. The molecule has 2 rings (SSSR count). The lowest BCUT2D eigenvalue weighted by molar-refractivity contribution is -0.116. The van der Waals surface area contributed by atoms with Crippen LogP contribution in [-0.2, 0) is 10.2 Å². The Labute approximate surface area is 183 Å². The van der Waals surface area contributed by atoms with Gasteiger partial charge < -0.3 is 10.1 Å². The summed E-state index contributed by atoms with van der Waals surface area (Å²) in [5.41, 5.74) is 4.88. The summed E-state index contributed by atoms with van der Waals surface area (Å²) in [6.45, 7) is 15.9. The van der Waals surface area contributed by atoms with Crippen LogP contribution in [-0.4, -0.2) is 12.5 Å². The molecule has 3 nitrogen and oxygen atoms in total. The van der Waals surface area contributed by atoms with Crippen molar-refractivity contribution >= 4 is 11.6 Å². The standard InChI is InChI=1S/C27H39NO2/c1-8-27(6,7)21-14-16-22(17-15-21)30-18-10-13-25(29)28-26-23(19(2)3)11-9-12-24(26)20(4)5/h9,11-12,14-17,19-20H,8,10,13,18H2,1-7H3,(H,28,29). The van der Waals surface area contributed by atoms with Gasteiger partial charge in [-0.3, -0.25) is 4.79 Å². The first-order valence-corrected chi connectivity index (χ1v) is 11.3. The zero-order valence-electron chi connectivity index (χ0n) is 19.8. The fourth-order valence-electron chi connectivity index (χ4n) is 3.53. The van der Waals surface area contributed by atoms with Crippen molar-refractivity contribution in [2.75, 3.05) is 11.9 Å². The van der Waals surface area contributed by atoms with Crippen LogP contribution in [0.3, 0.4) is 0 Å². The average molecular weight is 410 g/mol. The molecule has 0 unspecified atom stereocenters. The van der Waals surface area contributed by atoms with E-state index in [1.165, 1.54) is 16.7 Å². The summed E-state index contributed by atoms with van der Waals surface area (Å²) in [6.07, 6.45) is 2.24. The highest BCUT2D eigenvalue weighted by molar-refractivity contribution is 5.92. The van der Waals surface area contributed by atoms with Crippen LogP contribution in [0.25, 0.3) is 0 Å². The summed E-state index contributed by atoms with van der Waals surface area (Å²) in [5.74, 6) is 1.64. The Balaban J connectivity index is 1.89. The molecule has 0 aliphatic carbocycles. The van der Waals surface area contributed by atoms with Crippen molar-refractivity contribution in [1.82, 2.24) is 0 Å². The second-order valence-electron chi connectivity index (χ2n) is 9.38. The molecule has 0 aliphatic rings. The van der Waals surface area contributed by atoms with Crippen molar-refractivity contribution < 1.29 is 9.53 Å². The number of amides is 1. The molecule has 2 aromatic rings. The van der Waals surface area contributed by atoms with Gasteiger partial charge in [-0.25, -0.2) is 0 Å². The van der Waals surface area contributed by atoms with Crippen LogP contribution >= 0.6 is 0 Å². The van der Waals surface area contributed by atoms with Gasteiger partial charge >= 0.3 is 0 Å². The maximum absolute atomic E-state index is 12.6. The number of benzene rings is 2. The van der Waals surface area contributed by atoms with Gasteiger partial charge in [0.05, 0.1) is 6.61 Å². The number of carbonyl (C=O) groups excluding carboxylic acids is 1. The minimum Gasteiger partial charge on any atom is -0.494 e. The number of nitrogens with one attached hydrogen (secondary N) is 1. The lowest BCUT2D eigenvalue weighted by Crippen LogP contribution is -2.16. The van der Waals surface area contributed by atoms with E-state index in [4.69, 9.17) is 4.74 Å². The molecule has 0 spiro atoms. The molecule has 2 aromatic carbocycles. The minimum atomic E-state index is 0.0497. The molecule has 0 bridgehead atoms. The van der Waals surface area contributed by atoms with Crippen LogP contribution in [0, 0.1) is 0 Å². The monoisotopic (exact) mass is 409 g/mol. The van der Waals surface area contributed by atoms with Gasteiger partial charge in [0.15, 0.2) is 0 Å². The summed E-state index contributed by atoms with van der Waals surface area (Å²) in [5, 5.41) is 3.18. The van der Waals surface area contributed by atoms with Crippen molar-refractivity contribution in [2.24, 2.45) is 0 Å². The molecular weight excluding hydrogens is 370 g/mol. The number of para-hydroxylation sites is 1. The Morgan fingerprint density at radius 1 is 0.967 bits per heavy atom. The second kappa shape index (κ2) is 10.7. The van der Waals surface area contributed by atoms with Gasteiger partial charge in [-0.15, -0.1) is 0 Å². The molecule has 30 heavy (non-hydrogen) atoms. The molecule has 0 fully saturated rings. The smallest absolute Gasteiger partial charge is 0.224 e. The molecule has 164 valence electrons. The number of rotatable bonds is 10. The number of anilines is 1. The molecule has 0 radical (unpaired) electrons. The summed E-state index contributed by atoms with van der Waals surface area (Å²) < 4.78 is 5.85. The lowest BCUT2D eigenvalue weighted by atomic mass is 9.82. The van der Waals surface area contributed by atoms with E-state index in [1.807, 2.05) is 12.1 Å². The minimum absolute atomic E-state index is 0.0497. The van der Waals surface area contributed by atoms with E-state index in [0.717, 1.165) is 17.9 Å². The molecule has 0 saturated heterocycles. The summed E-state index contributed by atoms with van der Waals surface area (Å²) in [4.78, 5) is 12.6. The first-order chi connectivity index (χ1) is 14.2. The predicted molar refractivity (Wildman–Crippen MR) is 128 cm³/mol. The lowest BCUT2D eigenvalue weighted by Gasteiger charge is -2.23. The first kappa shape index (κ1) is 24.0. The van der Waals surface area contributed by atoms with E-state index in [9.17, 15) is 4.79 Å². The number of hydrogen-bond acceptors (Lipinski definition) is 2. The molecule has 0 aromatic heterocycles. The Hall–Kier alpha value is -2.29. The number of carbonyl (C=O) groups is 1. The molecule has 1 amide bonds. The predicted octanol–water partition coefficient (Wildman–Crippen LogP) is 7.42. The highest BCUT2D eigenvalue weighted by Gasteiger charge is 2.18. The van der Waals surface area contributed by atoms with E-state index < -0.39 is 0 Å². The fourth-order valence-corrected chi connectivity index (χ4v) is 3.53. The Morgan fingerprint density at radius 2 is 1.53 bits per heavy atom. The van der Waals surface area contributed by atoms with Crippen LogP contribution in [0.15, 0.2) is 42.5 Å². The number of ether oxygens (including phenoxy) is 1. The third-order valence-corrected chi connectivity index (χ3v) is 5.97. The summed E-state index contributed by atoms with van der Waals surface area (Å²) in [7, 11) is 0. The number of hydrogen-bond donors (Lipinski definition) is 1. The summed E-state index contributed by atoms with van der Waals surface area (Å²) in [6, 6.07) is 14.6. The second-order valence-corrected chi connectivity index (χ2v) is 9.38. The van der Waals surface area contributed by atoms with Gasteiger partial charge in [0.1, 0.15) is 5.75 Å². The van der Waals surface area contributed by atoms with Crippen molar-refractivity contribution in [1.29, 1.82) is 0 Å². The van der Waals surface area contributed by atoms with E-state index in [0.29, 0.717) is 31.3 Å². The van der Waals surface area contributed by atoms with E-state index in [2.05, 4.69) is 84.1 Å². The third kappa shape index (κ3) is 6.35. The van der Waals surface area contributed by atoms with Gasteiger partial charge in [-0.05, 0) is 58.9 Å². The quantitative estimate of drug-likeness (QED) is 0.415. The van der Waals surface area contributed by atoms with Crippen LogP contribution in [0.5, 0.6) is 5.75 Å². The molecular formula is C27H39NO2. The Morgan fingerprint density at radius 3 is 2.03 bits per heavy atom. The zero-order valence-corrected chi connectivity index (χ0v) is 19.8. The highest BCUT2D eigenvalue weighted by atomic mass is 16.5. The first-order valence-electron chi connectivity index (χ1n) is 11.3. The van der Waals surface area contributed by atoms with E-state index >= 15 is 0 Å². The molecule has 3 heteroatoms. The van der Waals surface area contributed by atoms with Gasteiger partial charge in [-0.1, -0.05) is 78.8 Å².